The molecule has 4 heteroatoms. The molecule has 0 aromatic heterocycles. The van der Waals surface area contributed by atoms with Gasteiger partial charge < -0.3 is 15.5 Å². The lowest BCUT2D eigenvalue weighted by atomic mass is 10.1. The first-order valence-electron chi connectivity index (χ1n) is 20.6. The summed E-state index contributed by atoms with van der Waals surface area (Å²) in [6.07, 6.45) is 63.2. The van der Waals surface area contributed by atoms with Gasteiger partial charge in [0.15, 0.2) is 0 Å². The van der Waals surface area contributed by atoms with E-state index in [1.165, 1.54) is 51.4 Å². The molecule has 1 amide bonds. The van der Waals surface area contributed by atoms with Crippen molar-refractivity contribution in [2.45, 2.75) is 174 Å². The minimum Gasteiger partial charge on any atom is -0.394 e. The Bertz CT molecular complexity index is 1030. The maximum Gasteiger partial charge on any atom is 0.220 e. The molecule has 4 nitrogen and oxygen atoms in total. The number of unbranched alkanes of at least 4 members (excludes halogenated alkanes) is 12. The molecule has 288 valence electrons. The molecule has 0 spiro atoms. The number of carbonyl (C=O) groups is 1. The molecule has 0 aromatic rings. The van der Waals surface area contributed by atoms with Gasteiger partial charge in [-0.2, -0.15) is 0 Å². The minimum absolute atomic E-state index is 0.101. The molecule has 0 aliphatic carbocycles. The van der Waals surface area contributed by atoms with E-state index in [1.807, 2.05) is 6.08 Å². The van der Waals surface area contributed by atoms with Gasteiger partial charge in [-0.05, 0) is 89.9 Å². The summed E-state index contributed by atoms with van der Waals surface area (Å²) in [7, 11) is 0. The molecule has 0 saturated heterocycles. The molecule has 0 rings (SSSR count). The van der Waals surface area contributed by atoms with Gasteiger partial charge in [0.1, 0.15) is 0 Å². The smallest absolute Gasteiger partial charge is 0.220 e. The Hall–Kier alpha value is -2.95. The van der Waals surface area contributed by atoms with Crippen molar-refractivity contribution >= 4 is 5.91 Å². The molecule has 51 heavy (non-hydrogen) atoms. The zero-order chi connectivity index (χ0) is 37.1. The summed E-state index contributed by atoms with van der Waals surface area (Å²) in [5, 5.41) is 22.9. The largest absolute Gasteiger partial charge is 0.394 e. The molecule has 0 bridgehead atoms. The summed E-state index contributed by atoms with van der Waals surface area (Å²) in [6.45, 7) is 4.13. The number of amides is 1. The van der Waals surface area contributed by atoms with Crippen LogP contribution in [0.3, 0.4) is 0 Å². The second-order valence-electron chi connectivity index (χ2n) is 13.3. The predicted molar refractivity (Wildman–Crippen MR) is 225 cm³/mol. The van der Waals surface area contributed by atoms with Crippen LogP contribution >= 0.6 is 0 Å². The van der Waals surface area contributed by atoms with Crippen molar-refractivity contribution in [2.75, 3.05) is 6.61 Å². The normalized spacial score (nSPS) is 14.2. The van der Waals surface area contributed by atoms with Gasteiger partial charge in [-0.15, -0.1) is 0 Å². The average molecular weight is 704 g/mol. The van der Waals surface area contributed by atoms with Crippen LogP contribution in [0.15, 0.2) is 109 Å². The van der Waals surface area contributed by atoms with E-state index in [0.29, 0.717) is 6.42 Å². The Kier molecular flexibility index (Phi) is 39.1. The maximum absolute atomic E-state index is 12.3. The van der Waals surface area contributed by atoms with Gasteiger partial charge in [-0.25, -0.2) is 0 Å². The lowest BCUT2D eigenvalue weighted by Crippen LogP contribution is -2.45. The zero-order valence-corrected chi connectivity index (χ0v) is 32.8. The molecule has 0 heterocycles. The maximum atomic E-state index is 12.3. The van der Waals surface area contributed by atoms with Crippen LogP contribution in [0, 0.1) is 0 Å². The number of hydrogen-bond donors (Lipinski definition) is 3. The summed E-state index contributed by atoms with van der Waals surface area (Å²) >= 11 is 0. The molecule has 0 radical (unpaired) electrons. The molecule has 2 atom stereocenters. The number of aliphatic hydroxyl groups is 2. The van der Waals surface area contributed by atoms with Gasteiger partial charge in [0.2, 0.25) is 5.91 Å². The van der Waals surface area contributed by atoms with Crippen molar-refractivity contribution in [3.63, 3.8) is 0 Å². The van der Waals surface area contributed by atoms with Gasteiger partial charge in [0.25, 0.3) is 0 Å². The van der Waals surface area contributed by atoms with Crippen LogP contribution < -0.4 is 5.32 Å². The third-order valence-electron chi connectivity index (χ3n) is 8.49. The van der Waals surface area contributed by atoms with E-state index >= 15 is 0 Å². The Balaban J connectivity index is 3.74. The quantitative estimate of drug-likeness (QED) is 0.0454. The Labute approximate surface area is 315 Å². The lowest BCUT2D eigenvalue weighted by molar-refractivity contribution is -0.123. The first-order chi connectivity index (χ1) is 25.2. The highest BCUT2D eigenvalue weighted by atomic mass is 16.3. The minimum atomic E-state index is -0.876. The first-order valence-corrected chi connectivity index (χ1v) is 20.6. The molecule has 0 aliphatic heterocycles. The highest BCUT2D eigenvalue weighted by Gasteiger charge is 2.17. The number of allylic oxidation sites excluding steroid dienone is 17. The third-order valence-corrected chi connectivity index (χ3v) is 8.49. The first kappa shape index (κ1) is 48.0. The topological polar surface area (TPSA) is 69.6 Å². The molecule has 0 aliphatic rings. The van der Waals surface area contributed by atoms with E-state index in [4.69, 9.17) is 0 Å². The van der Waals surface area contributed by atoms with E-state index in [9.17, 15) is 15.0 Å². The number of nitrogens with one attached hydrogen (secondary N) is 1. The molecule has 0 fully saturated rings. The molecular weight excluding hydrogens is 627 g/mol. The fourth-order valence-corrected chi connectivity index (χ4v) is 5.35. The van der Waals surface area contributed by atoms with Crippen molar-refractivity contribution in [3.05, 3.63) is 109 Å². The van der Waals surface area contributed by atoms with Crippen LogP contribution in [0.25, 0.3) is 0 Å². The second-order valence-corrected chi connectivity index (χ2v) is 13.3. The standard InChI is InChI=1S/C47H77NO3/c1-3-5-7-9-11-13-15-17-18-19-20-21-22-23-24-25-26-27-28-29-30-31-33-35-37-39-41-43-47(51)48-45(44-49)46(50)42-40-38-36-34-32-16-14-12-10-8-6-4-2/h5,7,11,13,17-18,20-21,23-24,26-27,29-30,32,34,40,42,45-46,49-50H,3-4,6,8-10,12,14-16,19,22,25,28,31,33,35-39,41,43-44H2,1-2H3,(H,48,51)/b7-5-,13-11-,18-17-,21-20-,24-23-,27-26-,30-29-,34-32+,42-40+. The molecular formula is C47H77NO3. The molecule has 3 N–H and O–H groups in total. The molecule has 2 unspecified atom stereocenters. The summed E-state index contributed by atoms with van der Waals surface area (Å²) < 4.78 is 0. The number of carbonyl (C=O) groups excluding carboxylic acids is 1. The van der Waals surface area contributed by atoms with Crippen molar-refractivity contribution in [1.29, 1.82) is 0 Å². The Morgan fingerprint density at radius 1 is 0.490 bits per heavy atom. The molecule has 0 aromatic carbocycles. The van der Waals surface area contributed by atoms with Crippen LogP contribution in [0.4, 0.5) is 0 Å². The molecule has 0 saturated carbocycles. The SMILES string of the molecule is CC/C=C\C/C=C\C/C=C\C/C=C\C/C=C\C/C=C\C/C=C\CCCCCCCC(=O)NC(CO)C(O)/C=C/CC/C=C/CCCCCCCC. The average Bonchev–Trinajstić information content (AvgIpc) is 3.13. The third kappa shape index (κ3) is 38.1. The number of aliphatic hydroxyl groups excluding tert-OH is 2. The fraction of sp³-hybridized carbons (Fsp3) is 0.596. The van der Waals surface area contributed by atoms with E-state index in [-0.39, 0.29) is 12.5 Å². The van der Waals surface area contributed by atoms with Crippen molar-refractivity contribution < 1.29 is 15.0 Å². The summed E-state index contributed by atoms with van der Waals surface area (Å²) in [4.78, 5) is 12.3. The number of rotatable bonds is 35. The Morgan fingerprint density at radius 3 is 1.37 bits per heavy atom. The predicted octanol–water partition coefficient (Wildman–Crippen LogP) is 12.8. The van der Waals surface area contributed by atoms with Crippen molar-refractivity contribution in [2.24, 2.45) is 0 Å². The van der Waals surface area contributed by atoms with Crippen molar-refractivity contribution in [1.82, 2.24) is 5.32 Å². The lowest BCUT2D eigenvalue weighted by Gasteiger charge is -2.19. The van der Waals surface area contributed by atoms with Gasteiger partial charge in [-0.3, -0.25) is 4.79 Å². The van der Waals surface area contributed by atoms with E-state index in [0.717, 1.165) is 89.9 Å². The fourth-order valence-electron chi connectivity index (χ4n) is 5.35. The van der Waals surface area contributed by atoms with Gasteiger partial charge in [0, 0.05) is 6.42 Å². The van der Waals surface area contributed by atoms with E-state index in [2.05, 4.69) is 116 Å². The summed E-state index contributed by atoms with van der Waals surface area (Å²) in [5.41, 5.74) is 0. The van der Waals surface area contributed by atoms with E-state index in [1.54, 1.807) is 6.08 Å². The van der Waals surface area contributed by atoms with Gasteiger partial charge in [0.05, 0.1) is 18.8 Å². The number of hydrogen-bond acceptors (Lipinski definition) is 3. The van der Waals surface area contributed by atoms with Crippen molar-refractivity contribution in [3.8, 4) is 0 Å². The highest BCUT2D eigenvalue weighted by Crippen LogP contribution is 2.10. The van der Waals surface area contributed by atoms with E-state index < -0.39 is 12.1 Å². The highest BCUT2D eigenvalue weighted by molar-refractivity contribution is 5.76. The van der Waals surface area contributed by atoms with Crippen LogP contribution in [-0.2, 0) is 4.79 Å². The van der Waals surface area contributed by atoms with Crippen LogP contribution in [0.5, 0.6) is 0 Å². The van der Waals surface area contributed by atoms with Gasteiger partial charge in [-0.1, -0.05) is 175 Å². The summed E-state index contributed by atoms with van der Waals surface area (Å²) in [6, 6.07) is -0.656. The second kappa shape index (κ2) is 41.5. The Morgan fingerprint density at radius 2 is 0.882 bits per heavy atom. The van der Waals surface area contributed by atoms with Gasteiger partial charge >= 0.3 is 0 Å². The monoisotopic (exact) mass is 704 g/mol. The summed E-state index contributed by atoms with van der Waals surface area (Å²) in [5.74, 6) is -0.101. The van der Waals surface area contributed by atoms with Crippen LogP contribution in [-0.4, -0.2) is 34.9 Å². The zero-order valence-electron chi connectivity index (χ0n) is 32.8. The van der Waals surface area contributed by atoms with Crippen LogP contribution in [0.2, 0.25) is 0 Å². The van der Waals surface area contributed by atoms with Crippen LogP contribution in [0.1, 0.15) is 162 Å².